The molecule has 0 aromatic heterocycles. The summed E-state index contributed by atoms with van der Waals surface area (Å²) in [4.78, 5) is 0. The molecule has 1 aromatic rings. The minimum atomic E-state index is 0.318. The van der Waals surface area contributed by atoms with Crippen LogP contribution in [-0.4, -0.2) is 25.3 Å². The van der Waals surface area contributed by atoms with Crippen LogP contribution in [-0.2, 0) is 11.2 Å². The maximum Gasteiger partial charge on any atom is 0.0518 e. The molecule has 1 saturated carbocycles. The van der Waals surface area contributed by atoms with Gasteiger partial charge in [0.05, 0.1) is 6.10 Å². The zero-order valence-corrected chi connectivity index (χ0v) is 13.3. The van der Waals surface area contributed by atoms with Gasteiger partial charge in [-0.25, -0.2) is 0 Å². The van der Waals surface area contributed by atoms with Crippen LogP contribution in [0, 0.1) is 5.92 Å². The van der Waals surface area contributed by atoms with Crippen LogP contribution < -0.4 is 5.32 Å². The summed E-state index contributed by atoms with van der Waals surface area (Å²) in [6, 6.07) is 8.98. The van der Waals surface area contributed by atoms with Gasteiger partial charge in [0.15, 0.2) is 0 Å². The van der Waals surface area contributed by atoms with Crippen LogP contribution in [0.4, 0.5) is 0 Å². The monoisotopic (exact) mass is 295 g/mol. The third kappa shape index (κ3) is 6.25. The molecule has 0 amide bonds. The summed E-state index contributed by atoms with van der Waals surface area (Å²) < 4.78 is 5.70. The molecule has 1 aromatic carbocycles. The van der Waals surface area contributed by atoms with Gasteiger partial charge in [-0.2, -0.15) is 0 Å². The Morgan fingerprint density at radius 2 is 2.15 bits per heavy atom. The second-order valence-electron chi connectivity index (χ2n) is 6.09. The van der Waals surface area contributed by atoms with Crippen molar-refractivity contribution in [3.05, 3.63) is 34.9 Å². The van der Waals surface area contributed by atoms with Gasteiger partial charge in [0, 0.05) is 17.7 Å². The summed E-state index contributed by atoms with van der Waals surface area (Å²) >= 11 is 6.07. The van der Waals surface area contributed by atoms with E-state index in [4.69, 9.17) is 16.3 Å². The SMILES string of the molecule is CC(C)OCCC(CNC1CC1)Cc1cccc(Cl)c1. The first-order chi connectivity index (χ1) is 9.63. The van der Waals surface area contributed by atoms with E-state index in [0.29, 0.717) is 12.0 Å². The standard InChI is InChI=1S/C17H26ClNO/c1-13(2)20-9-8-15(12-19-17-6-7-17)10-14-4-3-5-16(18)11-14/h3-5,11,13,15,17,19H,6-10,12H2,1-2H3. The first-order valence-electron chi connectivity index (χ1n) is 7.73. The van der Waals surface area contributed by atoms with E-state index >= 15 is 0 Å². The molecule has 0 aliphatic heterocycles. The second-order valence-corrected chi connectivity index (χ2v) is 6.53. The molecule has 1 aliphatic carbocycles. The molecule has 1 aliphatic rings. The van der Waals surface area contributed by atoms with Crippen molar-refractivity contribution in [2.75, 3.05) is 13.2 Å². The molecule has 1 unspecified atom stereocenters. The van der Waals surface area contributed by atoms with Crippen molar-refractivity contribution in [1.29, 1.82) is 0 Å². The lowest BCUT2D eigenvalue weighted by Gasteiger charge is -2.19. The topological polar surface area (TPSA) is 21.3 Å². The average molecular weight is 296 g/mol. The zero-order chi connectivity index (χ0) is 14.4. The van der Waals surface area contributed by atoms with Crippen LogP contribution in [0.15, 0.2) is 24.3 Å². The summed E-state index contributed by atoms with van der Waals surface area (Å²) in [7, 11) is 0. The van der Waals surface area contributed by atoms with Crippen molar-refractivity contribution >= 4 is 11.6 Å². The van der Waals surface area contributed by atoms with Gasteiger partial charge in [0.1, 0.15) is 0 Å². The van der Waals surface area contributed by atoms with Crippen molar-refractivity contribution < 1.29 is 4.74 Å². The van der Waals surface area contributed by atoms with Gasteiger partial charge < -0.3 is 10.1 Å². The molecule has 3 heteroatoms. The number of rotatable bonds is 9. The Kier molecular flexibility index (Phi) is 6.34. The molecule has 0 bridgehead atoms. The van der Waals surface area contributed by atoms with E-state index in [0.717, 1.165) is 37.1 Å². The van der Waals surface area contributed by atoms with Crippen molar-refractivity contribution in [3.63, 3.8) is 0 Å². The quantitative estimate of drug-likeness (QED) is 0.741. The number of nitrogens with one attached hydrogen (secondary N) is 1. The largest absolute Gasteiger partial charge is 0.379 e. The fourth-order valence-electron chi connectivity index (χ4n) is 2.36. The van der Waals surface area contributed by atoms with E-state index in [9.17, 15) is 0 Å². The van der Waals surface area contributed by atoms with Crippen LogP contribution in [0.1, 0.15) is 38.7 Å². The van der Waals surface area contributed by atoms with Crippen LogP contribution in [0.3, 0.4) is 0 Å². The molecule has 0 saturated heterocycles. The second kappa shape index (κ2) is 8.02. The highest BCUT2D eigenvalue weighted by Gasteiger charge is 2.22. The Morgan fingerprint density at radius 1 is 1.35 bits per heavy atom. The van der Waals surface area contributed by atoms with Gasteiger partial charge in [-0.15, -0.1) is 0 Å². The lowest BCUT2D eigenvalue weighted by molar-refractivity contribution is 0.0682. The van der Waals surface area contributed by atoms with E-state index in [-0.39, 0.29) is 0 Å². The van der Waals surface area contributed by atoms with Crippen LogP contribution >= 0.6 is 11.6 Å². The predicted octanol–water partition coefficient (Wildman–Crippen LogP) is 4.07. The molecule has 1 N–H and O–H groups in total. The molecule has 0 radical (unpaired) electrons. The smallest absolute Gasteiger partial charge is 0.0518 e. The van der Waals surface area contributed by atoms with E-state index in [1.54, 1.807) is 0 Å². The minimum absolute atomic E-state index is 0.318. The first-order valence-corrected chi connectivity index (χ1v) is 8.10. The predicted molar refractivity (Wildman–Crippen MR) is 85.4 cm³/mol. The van der Waals surface area contributed by atoms with Crippen molar-refractivity contribution in [2.45, 2.75) is 51.7 Å². The Bertz CT molecular complexity index is 404. The van der Waals surface area contributed by atoms with Crippen LogP contribution in [0.25, 0.3) is 0 Å². The third-order valence-corrected chi connectivity index (χ3v) is 3.90. The maximum absolute atomic E-state index is 6.07. The third-order valence-electron chi connectivity index (χ3n) is 3.66. The molecule has 20 heavy (non-hydrogen) atoms. The maximum atomic E-state index is 6.07. The van der Waals surface area contributed by atoms with E-state index in [1.165, 1.54) is 18.4 Å². The van der Waals surface area contributed by atoms with Gasteiger partial charge in [-0.05, 0) is 69.7 Å². The number of benzene rings is 1. The minimum Gasteiger partial charge on any atom is -0.379 e. The summed E-state index contributed by atoms with van der Waals surface area (Å²) in [5, 5.41) is 4.47. The van der Waals surface area contributed by atoms with Gasteiger partial charge >= 0.3 is 0 Å². The van der Waals surface area contributed by atoms with E-state index < -0.39 is 0 Å². The first kappa shape index (κ1) is 15.8. The highest BCUT2D eigenvalue weighted by Crippen LogP contribution is 2.21. The number of hydrogen-bond acceptors (Lipinski definition) is 2. The molecule has 0 heterocycles. The van der Waals surface area contributed by atoms with Crippen molar-refractivity contribution in [2.24, 2.45) is 5.92 Å². The molecule has 112 valence electrons. The highest BCUT2D eigenvalue weighted by atomic mass is 35.5. The van der Waals surface area contributed by atoms with Gasteiger partial charge in [0.2, 0.25) is 0 Å². The molecule has 0 spiro atoms. The van der Waals surface area contributed by atoms with Crippen molar-refractivity contribution in [3.8, 4) is 0 Å². The lowest BCUT2D eigenvalue weighted by Crippen LogP contribution is -2.27. The Labute approximate surface area is 127 Å². The van der Waals surface area contributed by atoms with Gasteiger partial charge in [-0.3, -0.25) is 0 Å². The molecular formula is C17H26ClNO. The zero-order valence-electron chi connectivity index (χ0n) is 12.6. The Balaban J connectivity index is 1.83. The fourth-order valence-corrected chi connectivity index (χ4v) is 2.58. The molecule has 1 fully saturated rings. The van der Waals surface area contributed by atoms with E-state index in [1.807, 2.05) is 12.1 Å². The van der Waals surface area contributed by atoms with Gasteiger partial charge in [0.25, 0.3) is 0 Å². The summed E-state index contributed by atoms with van der Waals surface area (Å²) in [5.74, 6) is 0.618. The van der Waals surface area contributed by atoms with Crippen LogP contribution in [0.2, 0.25) is 5.02 Å². The fraction of sp³-hybridized carbons (Fsp3) is 0.647. The van der Waals surface area contributed by atoms with Crippen LogP contribution in [0.5, 0.6) is 0 Å². The summed E-state index contributed by atoms with van der Waals surface area (Å²) in [5.41, 5.74) is 1.32. The number of hydrogen-bond donors (Lipinski definition) is 1. The highest BCUT2D eigenvalue weighted by molar-refractivity contribution is 6.30. The number of halogens is 1. The molecule has 2 rings (SSSR count). The normalized spacial score (nSPS) is 16.6. The van der Waals surface area contributed by atoms with Gasteiger partial charge in [-0.1, -0.05) is 23.7 Å². The average Bonchev–Trinajstić information content (AvgIpc) is 3.19. The Morgan fingerprint density at radius 3 is 2.80 bits per heavy atom. The lowest BCUT2D eigenvalue weighted by atomic mass is 9.96. The summed E-state index contributed by atoms with van der Waals surface area (Å²) in [6.07, 6.45) is 5.17. The number of ether oxygens (including phenoxy) is 1. The summed E-state index contributed by atoms with van der Waals surface area (Å²) in [6.45, 7) is 6.11. The van der Waals surface area contributed by atoms with E-state index in [2.05, 4.69) is 31.3 Å². The molecule has 2 nitrogen and oxygen atoms in total. The molecular weight excluding hydrogens is 270 g/mol. The molecule has 1 atom stereocenters. The van der Waals surface area contributed by atoms with Crippen molar-refractivity contribution in [1.82, 2.24) is 5.32 Å². The Hall–Kier alpha value is -0.570.